The highest BCUT2D eigenvalue weighted by Gasteiger charge is 2.32. The molecule has 0 amide bonds. The maximum Gasteiger partial charge on any atom is 0.124 e. The van der Waals surface area contributed by atoms with Crippen molar-refractivity contribution in [2.75, 3.05) is 52.9 Å². The molecular weight excluding hydrogens is 262 g/mol. The van der Waals surface area contributed by atoms with E-state index in [1.165, 1.54) is 32.7 Å². The molecule has 2 aliphatic heterocycles. The van der Waals surface area contributed by atoms with Gasteiger partial charge in [0.05, 0.1) is 0 Å². The zero-order valence-corrected chi connectivity index (χ0v) is 13.2. The van der Waals surface area contributed by atoms with Gasteiger partial charge in [0.25, 0.3) is 0 Å². The number of benzene rings is 1. The second kappa shape index (κ2) is 6.77. The minimum Gasteiger partial charge on any atom is -0.488 e. The average molecular weight is 289 g/mol. The number of para-hydroxylation sites is 1. The van der Waals surface area contributed by atoms with Crippen molar-refractivity contribution < 1.29 is 4.74 Å². The van der Waals surface area contributed by atoms with Crippen molar-refractivity contribution in [3.63, 3.8) is 0 Å². The van der Waals surface area contributed by atoms with E-state index < -0.39 is 0 Å². The van der Waals surface area contributed by atoms with Crippen molar-refractivity contribution in [2.24, 2.45) is 0 Å². The van der Waals surface area contributed by atoms with Crippen LogP contribution in [0.25, 0.3) is 0 Å². The van der Waals surface area contributed by atoms with E-state index in [9.17, 15) is 0 Å². The number of ether oxygens (including phenoxy) is 1. The molecule has 0 N–H and O–H groups in total. The predicted octanol–water partition coefficient (Wildman–Crippen LogP) is 1.39. The third kappa shape index (κ3) is 3.96. The molecule has 4 nitrogen and oxygen atoms in total. The van der Waals surface area contributed by atoms with E-state index in [1.807, 2.05) is 30.3 Å². The van der Waals surface area contributed by atoms with Gasteiger partial charge in [-0.25, -0.2) is 0 Å². The van der Waals surface area contributed by atoms with Gasteiger partial charge in [0.15, 0.2) is 0 Å². The molecule has 21 heavy (non-hydrogen) atoms. The summed E-state index contributed by atoms with van der Waals surface area (Å²) in [5.74, 6) is 0.994. The van der Waals surface area contributed by atoms with E-state index in [0.717, 1.165) is 18.8 Å². The number of likely N-dealkylation sites (N-methyl/N-ethyl adjacent to an activating group) is 1. The molecule has 3 rings (SSSR count). The molecule has 0 aliphatic carbocycles. The van der Waals surface area contributed by atoms with Gasteiger partial charge in [0, 0.05) is 51.9 Å². The zero-order chi connectivity index (χ0) is 14.7. The number of hydrogen-bond donors (Lipinski definition) is 0. The number of piperazine rings is 1. The third-order valence-corrected chi connectivity index (χ3v) is 4.66. The molecule has 0 radical (unpaired) electrons. The predicted molar refractivity (Wildman–Crippen MR) is 85.8 cm³/mol. The standard InChI is InChI=1S/C17H27N3O/c1-15(12-19-10-8-18(2)9-11-19)20-13-17(14-20)21-16-6-4-3-5-7-16/h3-7,15,17H,8-14H2,1-2H3. The van der Waals surface area contributed by atoms with Gasteiger partial charge in [-0.15, -0.1) is 0 Å². The highest BCUT2D eigenvalue weighted by molar-refractivity contribution is 5.21. The van der Waals surface area contributed by atoms with Crippen LogP contribution in [0.1, 0.15) is 6.92 Å². The summed E-state index contributed by atoms with van der Waals surface area (Å²) < 4.78 is 5.97. The molecule has 1 atom stereocenters. The molecule has 2 saturated heterocycles. The van der Waals surface area contributed by atoms with Crippen molar-refractivity contribution in [3.8, 4) is 5.75 Å². The first-order valence-electron chi connectivity index (χ1n) is 8.07. The summed E-state index contributed by atoms with van der Waals surface area (Å²) in [7, 11) is 2.21. The molecule has 0 spiro atoms. The molecule has 2 heterocycles. The Morgan fingerprint density at radius 1 is 1.10 bits per heavy atom. The fraction of sp³-hybridized carbons (Fsp3) is 0.647. The lowest BCUT2D eigenvalue weighted by atomic mass is 10.1. The van der Waals surface area contributed by atoms with Crippen LogP contribution in [0.3, 0.4) is 0 Å². The van der Waals surface area contributed by atoms with Gasteiger partial charge in [0.2, 0.25) is 0 Å². The van der Waals surface area contributed by atoms with E-state index in [1.54, 1.807) is 0 Å². The summed E-state index contributed by atoms with van der Waals surface area (Å²) in [6, 6.07) is 10.8. The van der Waals surface area contributed by atoms with Gasteiger partial charge in [-0.2, -0.15) is 0 Å². The highest BCUT2D eigenvalue weighted by atomic mass is 16.5. The normalized spacial score (nSPS) is 23.7. The minimum absolute atomic E-state index is 0.363. The van der Waals surface area contributed by atoms with Gasteiger partial charge in [-0.3, -0.25) is 9.80 Å². The second-order valence-corrected chi connectivity index (χ2v) is 6.46. The van der Waals surface area contributed by atoms with Gasteiger partial charge >= 0.3 is 0 Å². The summed E-state index contributed by atoms with van der Waals surface area (Å²) in [4.78, 5) is 7.54. The van der Waals surface area contributed by atoms with E-state index in [2.05, 4.69) is 28.7 Å². The lowest BCUT2D eigenvalue weighted by molar-refractivity contribution is -0.0164. The first-order chi connectivity index (χ1) is 10.2. The van der Waals surface area contributed by atoms with Crippen LogP contribution in [0.2, 0.25) is 0 Å². The Bertz CT molecular complexity index is 425. The molecule has 0 bridgehead atoms. The maximum atomic E-state index is 5.97. The highest BCUT2D eigenvalue weighted by Crippen LogP contribution is 2.20. The lowest BCUT2D eigenvalue weighted by Gasteiger charge is -2.45. The molecule has 0 aromatic heterocycles. The summed E-state index contributed by atoms with van der Waals surface area (Å²) in [5.41, 5.74) is 0. The zero-order valence-electron chi connectivity index (χ0n) is 13.2. The smallest absolute Gasteiger partial charge is 0.124 e. The van der Waals surface area contributed by atoms with Crippen LogP contribution < -0.4 is 4.74 Å². The number of nitrogens with zero attached hydrogens (tertiary/aromatic N) is 3. The summed E-state index contributed by atoms with van der Waals surface area (Å²) in [5, 5.41) is 0. The molecular formula is C17H27N3O. The van der Waals surface area contributed by atoms with Crippen LogP contribution in [0.15, 0.2) is 30.3 Å². The van der Waals surface area contributed by atoms with Crippen molar-refractivity contribution in [2.45, 2.75) is 19.1 Å². The minimum atomic E-state index is 0.363. The number of likely N-dealkylation sites (tertiary alicyclic amines) is 1. The van der Waals surface area contributed by atoms with E-state index >= 15 is 0 Å². The van der Waals surface area contributed by atoms with Crippen LogP contribution in [-0.4, -0.2) is 79.7 Å². The maximum absolute atomic E-state index is 5.97. The SMILES string of the molecule is CC(CN1CCN(C)CC1)N1CC(Oc2ccccc2)C1. The topological polar surface area (TPSA) is 19.0 Å². The largest absolute Gasteiger partial charge is 0.488 e. The van der Waals surface area contributed by atoms with Gasteiger partial charge in [-0.05, 0) is 26.1 Å². The Morgan fingerprint density at radius 3 is 2.43 bits per heavy atom. The monoisotopic (exact) mass is 289 g/mol. The molecule has 116 valence electrons. The Balaban J connectivity index is 1.37. The molecule has 1 unspecified atom stereocenters. The van der Waals surface area contributed by atoms with Crippen LogP contribution in [0, 0.1) is 0 Å². The van der Waals surface area contributed by atoms with Crippen LogP contribution in [0.4, 0.5) is 0 Å². The van der Waals surface area contributed by atoms with E-state index in [-0.39, 0.29) is 0 Å². The Kier molecular flexibility index (Phi) is 4.78. The average Bonchev–Trinajstić information content (AvgIpc) is 2.46. The lowest BCUT2D eigenvalue weighted by Crippen LogP contribution is -2.60. The molecule has 2 fully saturated rings. The Labute approximate surface area is 128 Å². The van der Waals surface area contributed by atoms with E-state index in [0.29, 0.717) is 12.1 Å². The molecule has 0 saturated carbocycles. The number of rotatable bonds is 5. The number of hydrogen-bond acceptors (Lipinski definition) is 4. The molecule has 1 aromatic rings. The first-order valence-corrected chi connectivity index (χ1v) is 8.07. The fourth-order valence-electron chi connectivity index (χ4n) is 3.12. The van der Waals surface area contributed by atoms with Crippen LogP contribution >= 0.6 is 0 Å². The molecule has 4 heteroatoms. The second-order valence-electron chi connectivity index (χ2n) is 6.46. The quantitative estimate of drug-likeness (QED) is 0.815. The van der Waals surface area contributed by atoms with Crippen molar-refractivity contribution in [1.82, 2.24) is 14.7 Å². The van der Waals surface area contributed by atoms with Crippen molar-refractivity contribution >= 4 is 0 Å². The fourth-order valence-corrected chi connectivity index (χ4v) is 3.12. The summed E-state index contributed by atoms with van der Waals surface area (Å²) in [6.45, 7) is 10.5. The van der Waals surface area contributed by atoms with E-state index in [4.69, 9.17) is 4.74 Å². The van der Waals surface area contributed by atoms with Gasteiger partial charge in [-0.1, -0.05) is 18.2 Å². The van der Waals surface area contributed by atoms with Gasteiger partial charge in [0.1, 0.15) is 11.9 Å². The molecule has 1 aromatic carbocycles. The summed E-state index contributed by atoms with van der Waals surface area (Å²) >= 11 is 0. The van der Waals surface area contributed by atoms with Crippen molar-refractivity contribution in [1.29, 1.82) is 0 Å². The third-order valence-electron chi connectivity index (χ3n) is 4.66. The summed E-state index contributed by atoms with van der Waals surface area (Å²) in [6.07, 6.45) is 0.363. The van der Waals surface area contributed by atoms with Crippen LogP contribution in [0.5, 0.6) is 5.75 Å². The molecule has 2 aliphatic rings. The Hall–Kier alpha value is -1.10. The Morgan fingerprint density at radius 2 is 1.76 bits per heavy atom. The van der Waals surface area contributed by atoms with Crippen molar-refractivity contribution in [3.05, 3.63) is 30.3 Å². The first kappa shape index (κ1) is 14.8. The van der Waals surface area contributed by atoms with Crippen LogP contribution in [-0.2, 0) is 0 Å². The van der Waals surface area contributed by atoms with Gasteiger partial charge < -0.3 is 9.64 Å².